The van der Waals surface area contributed by atoms with Gasteiger partial charge in [0.1, 0.15) is 17.8 Å². The van der Waals surface area contributed by atoms with E-state index in [0.717, 1.165) is 25.9 Å². The van der Waals surface area contributed by atoms with E-state index in [1.165, 1.54) is 17.5 Å². The summed E-state index contributed by atoms with van der Waals surface area (Å²) < 4.78 is 0. The summed E-state index contributed by atoms with van der Waals surface area (Å²) in [5.74, 6) is 0.341. The fourth-order valence-corrected chi connectivity index (χ4v) is 4.30. The van der Waals surface area contributed by atoms with Crippen molar-refractivity contribution in [3.05, 3.63) is 53.5 Å². The van der Waals surface area contributed by atoms with E-state index in [4.69, 9.17) is 0 Å². The topological polar surface area (TPSA) is 111 Å². The van der Waals surface area contributed by atoms with Crippen molar-refractivity contribution in [2.75, 3.05) is 31.5 Å². The number of hydrogen-bond donors (Lipinski definition) is 3. The van der Waals surface area contributed by atoms with Crippen LogP contribution < -0.4 is 10.6 Å². The monoisotopic (exact) mass is 438 g/mol. The maximum Gasteiger partial charge on any atom is 0.270 e. The standard InChI is InChI=1S/C23H30N6O3/c1-16(30)29-8-6-19(7-9-29)27-22-10-21(25-15-26-22)23(32)24-11-20(31)14-28-12-17-4-2-3-5-18(17)13-28/h2-5,10,15,19-20,31H,6-9,11-14H2,1H3,(H,24,32)(H,25,26,27). The summed E-state index contributed by atoms with van der Waals surface area (Å²) in [5, 5.41) is 16.5. The first kappa shape index (κ1) is 22.2. The molecule has 1 aromatic carbocycles. The number of anilines is 1. The molecular weight excluding hydrogens is 408 g/mol. The molecule has 1 atom stereocenters. The van der Waals surface area contributed by atoms with Crippen LogP contribution in [-0.2, 0) is 17.9 Å². The molecule has 9 heteroatoms. The van der Waals surface area contributed by atoms with Crippen LogP contribution in [0, 0.1) is 0 Å². The highest BCUT2D eigenvalue weighted by Gasteiger charge is 2.22. The van der Waals surface area contributed by atoms with Crippen molar-refractivity contribution in [3.8, 4) is 0 Å². The van der Waals surface area contributed by atoms with Gasteiger partial charge >= 0.3 is 0 Å². The normalized spacial score (nSPS) is 17.6. The fraction of sp³-hybridized carbons (Fsp3) is 0.478. The molecule has 2 aromatic rings. The fourth-order valence-electron chi connectivity index (χ4n) is 4.30. The van der Waals surface area contributed by atoms with Crippen molar-refractivity contribution in [2.24, 2.45) is 0 Å². The van der Waals surface area contributed by atoms with Gasteiger partial charge in [0.05, 0.1) is 6.10 Å². The molecule has 2 aliphatic heterocycles. The average molecular weight is 439 g/mol. The highest BCUT2D eigenvalue weighted by molar-refractivity contribution is 5.92. The molecule has 32 heavy (non-hydrogen) atoms. The maximum atomic E-state index is 12.5. The second kappa shape index (κ2) is 10.1. The number of β-amino-alcohol motifs (C(OH)–C–C–N with tert-alkyl or cyclic N) is 1. The lowest BCUT2D eigenvalue weighted by atomic mass is 10.1. The van der Waals surface area contributed by atoms with E-state index in [2.05, 4.69) is 37.6 Å². The van der Waals surface area contributed by atoms with Gasteiger partial charge in [-0.05, 0) is 24.0 Å². The van der Waals surface area contributed by atoms with Gasteiger partial charge in [-0.15, -0.1) is 0 Å². The van der Waals surface area contributed by atoms with E-state index < -0.39 is 6.10 Å². The molecule has 3 heterocycles. The van der Waals surface area contributed by atoms with Crippen molar-refractivity contribution in [1.82, 2.24) is 25.1 Å². The number of likely N-dealkylation sites (tertiary alicyclic amines) is 1. The summed E-state index contributed by atoms with van der Waals surface area (Å²) >= 11 is 0. The Morgan fingerprint density at radius 1 is 1.16 bits per heavy atom. The number of nitrogens with zero attached hydrogens (tertiary/aromatic N) is 4. The van der Waals surface area contributed by atoms with Crippen molar-refractivity contribution >= 4 is 17.6 Å². The first-order valence-corrected chi connectivity index (χ1v) is 11.1. The van der Waals surface area contributed by atoms with E-state index in [0.29, 0.717) is 25.5 Å². The van der Waals surface area contributed by atoms with Crippen molar-refractivity contribution in [1.29, 1.82) is 0 Å². The van der Waals surface area contributed by atoms with E-state index in [9.17, 15) is 14.7 Å². The second-order valence-electron chi connectivity index (χ2n) is 8.52. The summed E-state index contributed by atoms with van der Waals surface area (Å²) in [6, 6.07) is 10.1. The van der Waals surface area contributed by atoms with Crippen LogP contribution in [0.25, 0.3) is 0 Å². The number of aliphatic hydroxyl groups is 1. The number of carbonyl (C=O) groups is 2. The second-order valence-corrected chi connectivity index (χ2v) is 8.52. The molecule has 1 fully saturated rings. The van der Waals surface area contributed by atoms with Crippen LogP contribution in [0.3, 0.4) is 0 Å². The van der Waals surface area contributed by atoms with Gasteiger partial charge in [0.25, 0.3) is 5.91 Å². The molecular formula is C23H30N6O3. The van der Waals surface area contributed by atoms with Crippen molar-refractivity contribution < 1.29 is 14.7 Å². The first-order valence-electron chi connectivity index (χ1n) is 11.1. The Kier molecular flexibility index (Phi) is 6.96. The van der Waals surface area contributed by atoms with Crippen molar-refractivity contribution in [3.63, 3.8) is 0 Å². The molecule has 0 saturated carbocycles. The molecule has 1 aromatic heterocycles. The van der Waals surface area contributed by atoms with Gasteiger partial charge in [0.2, 0.25) is 5.91 Å². The summed E-state index contributed by atoms with van der Waals surface area (Å²) in [5.41, 5.74) is 2.83. The molecule has 0 aliphatic carbocycles. The predicted molar refractivity (Wildman–Crippen MR) is 120 cm³/mol. The largest absolute Gasteiger partial charge is 0.390 e. The van der Waals surface area contributed by atoms with Gasteiger partial charge in [0.15, 0.2) is 0 Å². The number of aromatic nitrogens is 2. The Balaban J connectivity index is 1.23. The number of fused-ring (bicyclic) bond motifs is 1. The van der Waals surface area contributed by atoms with Crippen LogP contribution in [0.1, 0.15) is 41.4 Å². The zero-order valence-corrected chi connectivity index (χ0v) is 18.3. The van der Waals surface area contributed by atoms with Crippen LogP contribution in [0.2, 0.25) is 0 Å². The molecule has 2 amide bonds. The third-order valence-electron chi connectivity index (χ3n) is 6.07. The number of aliphatic hydroxyl groups excluding tert-OH is 1. The summed E-state index contributed by atoms with van der Waals surface area (Å²) in [6.07, 6.45) is 2.36. The molecule has 2 aliphatic rings. The number of hydrogen-bond acceptors (Lipinski definition) is 7. The Bertz CT molecular complexity index is 935. The molecule has 1 saturated heterocycles. The van der Waals surface area contributed by atoms with Crippen LogP contribution in [0.4, 0.5) is 5.82 Å². The number of benzene rings is 1. The van der Waals surface area contributed by atoms with Crippen LogP contribution in [0.5, 0.6) is 0 Å². The minimum absolute atomic E-state index is 0.0981. The van der Waals surface area contributed by atoms with Gasteiger partial charge < -0.3 is 20.6 Å². The quantitative estimate of drug-likeness (QED) is 0.592. The third kappa shape index (κ3) is 5.60. The van der Waals surface area contributed by atoms with Crippen LogP contribution in [0.15, 0.2) is 36.7 Å². The van der Waals surface area contributed by atoms with Gasteiger partial charge in [-0.2, -0.15) is 0 Å². The van der Waals surface area contributed by atoms with Gasteiger partial charge in [0, 0.05) is 58.3 Å². The van der Waals surface area contributed by atoms with E-state index >= 15 is 0 Å². The minimum atomic E-state index is -0.667. The lowest BCUT2D eigenvalue weighted by Gasteiger charge is -2.31. The number of piperidine rings is 1. The van der Waals surface area contributed by atoms with E-state index in [1.54, 1.807) is 13.0 Å². The smallest absolute Gasteiger partial charge is 0.270 e. The molecule has 0 spiro atoms. The van der Waals surface area contributed by atoms with Crippen molar-refractivity contribution in [2.45, 2.75) is 45.0 Å². The number of rotatable bonds is 7. The minimum Gasteiger partial charge on any atom is -0.390 e. The molecule has 1 unspecified atom stereocenters. The highest BCUT2D eigenvalue weighted by atomic mass is 16.3. The molecule has 4 rings (SSSR count). The predicted octanol–water partition coefficient (Wildman–Crippen LogP) is 1.01. The Labute approximate surface area is 187 Å². The van der Waals surface area contributed by atoms with E-state index in [-0.39, 0.29) is 30.1 Å². The SMILES string of the molecule is CC(=O)N1CCC(Nc2cc(C(=O)NCC(O)CN3Cc4ccccc4C3)ncn2)CC1. The van der Waals surface area contributed by atoms with Crippen LogP contribution in [-0.4, -0.2) is 75.0 Å². The zero-order chi connectivity index (χ0) is 22.5. The van der Waals surface area contributed by atoms with Crippen LogP contribution >= 0.6 is 0 Å². The number of nitrogens with one attached hydrogen (secondary N) is 2. The Morgan fingerprint density at radius 3 is 2.50 bits per heavy atom. The summed E-state index contributed by atoms with van der Waals surface area (Å²) in [6.45, 7) is 5.29. The molecule has 9 nitrogen and oxygen atoms in total. The summed E-state index contributed by atoms with van der Waals surface area (Å²) in [7, 11) is 0. The van der Waals surface area contributed by atoms with E-state index in [1.807, 2.05) is 17.0 Å². The van der Waals surface area contributed by atoms with Gasteiger partial charge in [-0.25, -0.2) is 9.97 Å². The summed E-state index contributed by atoms with van der Waals surface area (Å²) in [4.78, 5) is 36.3. The van der Waals surface area contributed by atoms with Gasteiger partial charge in [-0.3, -0.25) is 14.5 Å². The molecule has 3 N–H and O–H groups in total. The average Bonchev–Trinajstić information content (AvgIpc) is 3.20. The zero-order valence-electron chi connectivity index (χ0n) is 18.3. The molecule has 0 bridgehead atoms. The first-order chi connectivity index (χ1) is 15.5. The highest BCUT2D eigenvalue weighted by Crippen LogP contribution is 2.22. The molecule has 170 valence electrons. The lowest BCUT2D eigenvalue weighted by molar-refractivity contribution is -0.129. The third-order valence-corrected chi connectivity index (χ3v) is 6.07. The Hall–Kier alpha value is -3.04. The molecule has 0 radical (unpaired) electrons. The number of carbonyl (C=O) groups excluding carboxylic acids is 2. The maximum absolute atomic E-state index is 12.5. The number of amides is 2. The van der Waals surface area contributed by atoms with Gasteiger partial charge in [-0.1, -0.05) is 24.3 Å². The Morgan fingerprint density at radius 2 is 1.84 bits per heavy atom. The lowest BCUT2D eigenvalue weighted by Crippen LogP contribution is -2.41.